The third kappa shape index (κ3) is 3.11. The molecule has 100 valence electrons. The molecule has 3 N–H and O–H groups in total. The van der Waals surface area contributed by atoms with Crippen LogP contribution in [0.1, 0.15) is 31.0 Å². The second-order valence-electron chi connectivity index (χ2n) is 4.76. The normalized spacial score (nSPS) is 10.8. The lowest BCUT2D eigenvalue weighted by molar-refractivity contribution is 0.817. The van der Waals surface area contributed by atoms with Crippen molar-refractivity contribution in [2.24, 2.45) is 5.84 Å². The van der Waals surface area contributed by atoms with Crippen LogP contribution in [0, 0.1) is 6.92 Å². The largest absolute Gasteiger partial charge is 0.308 e. The number of aromatic nitrogens is 2. The average Bonchev–Trinajstić information content (AvgIpc) is 2.41. The molecule has 2 aromatic rings. The maximum absolute atomic E-state index is 5.47. The lowest BCUT2D eigenvalue weighted by Crippen LogP contribution is -2.11. The Labute approximate surface area is 121 Å². The molecule has 19 heavy (non-hydrogen) atoms. The van der Waals surface area contributed by atoms with Gasteiger partial charge in [0, 0.05) is 21.8 Å². The van der Waals surface area contributed by atoms with Crippen LogP contribution >= 0.6 is 15.9 Å². The number of hydrogen-bond acceptors (Lipinski definition) is 4. The highest BCUT2D eigenvalue weighted by atomic mass is 79.9. The van der Waals surface area contributed by atoms with Crippen LogP contribution < -0.4 is 11.3 Å². The summed E-state index contributed by atoms with van der Waals surface area (Å²) in [5, 5.41) is 0. The van der Waals surface area contributed by atoms with Crippen LogP contribution in [-0.2, 0) is 0 Å². The van der Waals surface area contributed by atoms with Gasteiger partial charge in [-0.1, -0.05) is 35.8 Å². The van der Waals surface area contributed by atoms with Gasteiger partial charge < -0.3 is 5.43 Å². The number of nitrogen functional groups attached to an aromatic ring is 1. The Hall–Kier alpha value is -1.46. The summed E-state index contributed by atoms with van der Waals surface area (Å²) in [7, 11) is 0. The Morgan fingerprint density at radius 3 is 2.53 bits per heavy atom. The van der Waals surface area contributed by atoms with Gasteiger partial charge in [0.05, 0.1) is 0 Å². The molecule has 5 heteroatoms. The second-order valence-corrected chi connectivity index (χ2v) is 5.62. The molecule has 0 saturated carbocycles. The third-order valence-corrected chi connectivity index (χ3v) is 3.79. The van der Waals surface area contributed by atoms with Gasteiger partial charge in [0.1, 0.15) is 5.82 Å². The van der Waals surface area contributed by atoms with Crippen molar-refractivity contribution in [1.82, 2.24) is 9.97 Å². The molecule has 0 fully saturated rings. The van der Waals surface area contributed by atoms with E-state index >= 15 is 0 Å². The molecule has 0 aliphatic rings. The van der Waals surface area contributed by atoms with Crippen LogP contribution in [0.25, 0.3) is 11.4 Å². The van der Waals surface area contributed by atoms with E-state index in [1.807, 2.05) is 25.1 Å². The number of hydrogen-bond donors (Lipinski definition) is 2. The Kier molecular flexibility index (Phi) is 4.17. The predicted octanol–water partition coefficient (Wildman–Crippen LogP) is 3.62. The summed E-state index contributed by atoms with van der Waals surface area (Å²) in [6, 6.07) is 7.94. The Morgan fingerprint density at radius 1 is 1.21 bits per heavy atom. The molecule has 1 aromatic carbocycles. The van der Waals surface area contributed by atoms with Crippen molar-refractivity contribution in [2.75, 3.05) is 5.43 Å². The summed E-state index contributed by atoms with van der Waals surface area (Å²) in [5.74, 6) is 7.12. The standard InChI is InChI=1S/C14H17BrN4/c1-8(2)12-7-13(19-16)18-14(17-12)10-4-5-11(15)9(3)6-10/h4-8H,16H2,1-3H3,(H,17,18,19). The molecule has 1 heterocycles. The van der Waals surface area contributed by atoms with E-state index in [4.69, 9.17) is 5.84 Å². The first kappa shape index (κ1) is 14.0. The molecule has 0 spiro atoms. The Bertz CT molecular complexity index is 596. The molecule has 0 unspecified atom stereocenters. The second kappa shape index (κ2) is 5.67. The molecule has 0 radical (unpaired) electrons. The predicted molar refractivity (Wildman–Crippen MR) is 81.8 cm³/mol. The van der Waals surface area contributed by atoms with E-state index in [0.717, 1.165) is 21.3 Å². The average molecular weight is 321 g/mol. The van der Waals surface area contributed by atoms with Crippen molar-refractivity contribution >= 4 is 21.7 Å². The van der Waals surface area contributed by atoms with Crippen molar-refractivity contribution in [3.8, 4) is 11.4 Å². The van der Waals surface area contributed by atoms with E-state index in [1.54, 1.807) is 0 Å². The molecule has 4 nitrogen and oxygen atoms in total. The van der Waals surface area contributed by atoms with Gasteiger partial charge in [-0.2, -0.15) is 0 Å². The zero-order chi connectivity index (χ0) is 14.0. The number of anilines is 1. The first-order valence-electron chi connectivity index (χ1n) is 6.13. The van der Waals surface area contributed by atoms with Crippen LogP contribution in [0.3, 0.4) is 0 Å². The number of nitrogens with zero attached hydrogens (tertiary/aromatic N) is 2. The lowest BCUT2D eigenvalue weighted by Gasteiger charge is -2.10. The molecule has 0 aliphatic carbocycles. The molecule has 0 bridgehead atoms. The SMILES string of the molecule is Cc1cc(-c2nc(NN)cc(C(C)C)n2)ccc1Br. The van der Waals surface area contributed by atoms with Crippen LogP contribution in [0.2, 0.25) is 0 Å². The van der Waals surface area contributed by atoms with Crippen molar-refractivity contribution in [3.05, 3.63) is 40.0 Å². The van der Waals surface area contributed by atoms with Crippen LogP contribution in [0.4, 0.5) is 5.82 Å². The molecule has 2 rings (SSSR count). The van der Waals surface area contributed by atoms with Crippen molar-refractivity contribution in [2.45, 2.75) is 26.7 Å². The van der Waals surface area contributed by atoms with E-state index < -0.39 is 0 Å². The number of rotatable bonds is 3. The Morgan fingerprint density at radius 2 is 1.95 bits per heavy atom. The van der Waals surface area contributed by atoms with Crippen molar-refractivity contribution in [1.29, 1.82) is 0 Å². The van der Waals surface area contributed by atoms with Gasteiger partial charge in [0.15, 0.2) is 5.82 Å². The summed E-state index contributed by atoms with van der Waals surface area (Å²) >= 11 is 3.49. The van der Waals surface area contributed by atoms with E-state index in [1.165, 1.54) is 0 Å². The summed E-state index contributed by atoms with van der Waals surface area (Å²) in [6.07, 6.45) is 0. The minimum atomic E-state index is 0.324. The van der Waals surface area contributed by atoms with Gasteiger partial charge in [0.25, 0.3) is 0 Å². The molecular formula is C14H17BrN4. The highest BCUT2D eigenvalue weighted by molar-refractivity contribution is 9.10. The van der Waals surface area contributed by atoms with Crippen LogP contribution in [-0.4, -0.2) is 9.97 Å². The van der Waals surface area contributed by atoms with E-state index in [2.05, 4.69) is 51.2 Å². The highest BCUT2D eigenvalue weighted by Crippen LogP contribution is 2.25. The molecule has 0 aliphatic heterocycles. The van der Waals surface area contributed by atoms with Crippen molar-refractivity contribution < 1.29 is 0 Å². The summed E-state index contributed by atoms with van der Waals surface area (Å²) in [5.41, 5.74) is 5.71. The molecule has 0 atom stereocenters. The van der Waals surface area contributed by atoms with Gasteiger partial charge in [-0.3, -0.25) is 0 Å². The maximum atomic E-state index is 5.47. The molecule has 1 aromatic heterocycles. The van der Waals surface area contributed by atoms with Gasteiger partial charge in [-0.05, 0) is 30.5 Å². The number of nitrogens with two attached hydrogens (primary N) is 1. The van der Waals surface area contributed by atoms with E-state index in [9.17, 15) is 0 Å². The number of aryl methyl sites for hydroxylation is 1. The zero-order valence-corrected chi connectivity index (χ0v) is 12.8. The van der Waals surface area contributed by atoms with Gasteiger partial charge >= 0.3 is 0 Å². The lowest BCUT2D eigenvalue weighted by atomic mass is 10.1. The Balaban J connectivity index is 2.54. The maximum Gasteiger partial charge on any atom is 0.161 e. The van der Waals surface area contributed by atoms with Gasteiger partial charge in [-0.25, -0.2) is 15.8 Å². The monoisotopic (exact) mass is 320 g/mol. The van der Waals surface area contributed by atoms with E-state index in [-0.39, 0.29) is 0 Å². The number of hydrazine groups is 1. The number of halogens is 1. The van der Waals surface area contributed by atoms with Gasteiger partial charge in [0.2, 0.25) is 0 Å². The fourth-order valence-corrected chi connectivity index (χ4v) is 2.00. The fraction of sp³-hybridized carbons (Fsp3) is 0.286. The van der Waals surface area contributed by atoms with E-state index in [0.29, 0.717) is 17.6 Å². The van der Waals surface area contributed by atoms with Gasteiger partial charge in [-0.15, -0.1) is 0 Å². The quantitative estimate of drug-likeness (QED) is 0.669. The minimum Gasteiger partial charge on any atom is -0.308 e. The van der Waals surface area contributed by atoms with Crippen LogP contribution in [0.15, 0.2) is 28.7 Å². The summed E-state index contributed by atoms with van der Waals surface area (Å²) in [4.78, 5) is 9.01. The smallest absolute Gasteiger partial charge is 0.161 e. The number of nitrogens with one attached hydrogen (secondary N) is 1. The van der Waals surface area contributed by atoms with Crippen LogP contribution in [0.5, 0.6) is 0 Å². The third-order valence-electron chi connectivity index (χ3n) is 2.90. The summed E-state index contributed by atoms with van der Waals surface area (Å²) < 4.78 is 1.08. The first-order chi connectivity index (χ1) is 9.01. The molecule has 0 amide bonds. The summed E-state index contributed by atoms with van der Waals surface area (Å²) in [6.45, 7) is 6.24. The zero-order valence-electron chi connectivity index (χ0n) is 11.2. The van der Waals surface area contributed by atoms with Crippen molar-refractivity contribution in [3.63, 3.8) is 0 Å². The molecular weight excluding hydrogens is 304 g/mol. The first-order valence-corrected chi connectivity index (χ1v) is 6.92. The number of benzene rings is 1. The molecule has 0 saturated heterocycles. The highest BCUT2D eigenvalue weighted by Gasteiger charge is 2.09. The fourth-order valence-electron chi connectivity index (χ4n) is 1.75. The minimum absolute atomic E-state index is 0.324. The topological polar surface area (TPSA) is 63.8 Å².